The molecule has 2 N–H and O–H groups in total. The van der Waals surface area contributed by atoms with Crippen LogP contribution in [-0.2, 0) is 19.6 Å². The van der Waals surface area contributed by atoms with E-state index in [4.69, 9.17) is 5.73 Å². The Hall–Kier alpha value is -0.660. The maximum Gasteiger partial charge on any atom is 0.322 e. The highest BCUT2D eigenvalue weighted by Crippen LogP contribution is 2.27. The Kier molecular flexibility index (Phi) is 5.55. The molecule has 7 heteroatoms. The van der Waals surface area contributed by atoms with E-state index in [1.165, 1.54) is 11.4 Å². The molecule has 6 nitrogen and oxygen atoms in total. The number of rotatable bonds is 5. The quantitative estimate of drug-likeness (QED) is 0.711. The number of hydrogen-bond donors (Lipinski definition) is 1. The molecule has 0 saturated carbocycles. The molecule has 0 aromatic heterocycles. The SMILES string of the molecule is CCC1CCN(S(=O)(=O)CC(=O)OC)C(CN)C1. The normalized spacial score (nSPS) is 25.9. The van der Waals surface area contributed by atoms with Crippen LogP contribution >= 0.6 is 0 Å². The molecule has 2 atom stereocenters. The Labute approximate surface area is 109 Å². The Morgan fingerprint density at radius 3 is 2.67 bits per heavy atom. The fourth-order valence-electron chi connectivity index (χ4n) is 2.35. The van der Waals surface area contributed by atoms with Crippen molar-refractivity contribution in [3.05, 3.63) is 0 Å². The molecular formula is C11H22N2O4S. The number of carbonyl (C=O) groups is 1. The molecule has 2 unspecified atom stereocenters. The van der Waals surface area contributed by atoms with Crippen molar-refractivity contribution < 1.29 is 17.9 Å². The summed E-state index contributed by atoms with van der Waals surface area (Å²) in [5.41, 5.74) is 5.65. The Morgan fingerprint density at radius 2 is 2.17 bits per heavy atom. The van der Waals surface area contributed by atoms with Crippen molar-refractivity contribution in [2.75, 3.05) is 26.0 Å². The van der Waals surface area contributed by atoms with E-state index in [1.807, 2.05) is 0 Å². The minimum atomic E-state index is -3.61. The highest BCUT2D eigenvalue weighted by molar-refractivity contribution is 7.89. The summed E-state index contributed by atoms with van der Waals surface area (Å²) < 4.78 is 30.0. The number of hydrogen-bond acceptors (Lipinski definition) is 5. The molecule has 0 aromatic rings. The predicted octanol–water partition coefficient (Wildman–Crippen LogP) is -0.0615. The van der Waals surface area contributed by atoms with Gasteiger partial charge in [-0.05, 0) is 18.8 Å². The monoisotopic (exact) mass is 278 g/mol. The third-order valence-electron chi connectivity index (χ3n) is 3.51. The number of carbonyl (C=O) groups excluding carboxylic acids is 1. The number of esters is 1. The van der Waals surface area contributed by atoms with E-state index in [-0.39, 0.29) is 12.6 Å². The summed E-state index contributed by atoms with van der Waals surface area (Å²) in [4.78, 5) is 11.1. The van der Waals surface area contributed by atoms with Crippen LogP contribution in [0.1, 0.15) is 26.2 Å². The lowest BCUT2D eigenvalue weighted by Crippen LogP contribution is -2.50. The van der Waals surface area contributed by atoms with Crippen molar-refractivity contribution in [3.8, 4) is 0 Å². The molecule has 0 bridgehead atoms. The maximum atomic E-state index is 12.1. The number of nitrogens with two attached hydrogens (primary N) is 1. The summed E-state index contributed by atoms with van der Waals surface area (Å²) in [6.07, 6.45) is 2.63. The average molecular weight is 278 g/mol. The van der Waals surface area contributed by atoms with Gasteiger partial charge in [0.25, 0.3) is 0 Å². The van der Waals surface area contributed by atoms with E-state index in [0.717, 1.165) is 19.3 Å². The highest BCUT2D eigenvalue weighted by atomic mass is 32.2. The molecule has 1 rings (SSSR count). The summed E-state index contributed by atoms with van der Waals surface area (Å²) in [6.45, 7) is 2.83. The van der Waals surface area contributed by atoms with Gasteiger partial charge in [-0.2, -0.15) is 4.31 Å². The van der Waals surface area contributed by atoms with Gasteiger partial charge in [-0.3, -0.25) is 4.79 Å². The fourth-order valence-corrected chi connectivity index (χ4v) is 3.95. The zero-order valence-corrected chi connectivity index (χ0v) is 11.8. The van der Waals surface area contributed by atoms with Crippen LogP contribution in [0.5, 0.6) is 0 Å². The molecule has 106 valence electrons. The molecular weight excluding hydrogens is 256 g/mol. The summed E-state index contributed by atoms with van der Waals surface area (Å²) in [7, 11) is -2.43. The zero-order valence-electron chi connectivity index (χ0n) is 11.0. The highest BCUT2D eigenvalue weighted by Gasteiger charge is 2.35. The van der Waals surface area contributed by atoms with E-state index in [9.17, 15) is 13.2 Å². The van der Waals surface area contributed by atoms with Crippen molar-refractivity contribution in [1.29, 1.82) is 0 Å². The van der Waals surface area contributed by atoms with Crippen LogP contribution in [0, 0.1) is 5.92 Å². The third-order valence-corrected chi connectivity index (χ3v) is 5.30. The molecule has 0 aromatic carbocycles. The molecule has 1 heterocycles. The summed E-state index contributed by atoms with van der Waals surface area (Å²) >= 11 is 0. The van der Waals surface area contributed by atoms with Crippen LogP contribution in [-0.4, -0.2) is 50.7 Å². The van der Waals surface area contributed by atoms with Crippen molar-refractivity contribution in [2.24, 2.45) is 11.7 Å². The number of methoxy groups -OCH3 is 1. The van der Waals surface area contributed by atoms with E-state index >= 15 is 0 Å². The van der Waals surface area contributed by atoms with Crippen molar-refractivity contribution in [2.45, 2.75) is 32.2 Å². The first-order chi connectivity index (χ1) is 8.44. The van der Waals surface area contributed by atoms with Crippen molar-refractivity contribution in [3.63, 3.8) is 0 Å². The second kappa shape index (κ2) is 6.49. The first-order valence-corrected chi connectivity index (χ1v) is 7.81. The van der Waals surface area contributed by atoms with Gasteiger partial charge < -0.3 is 10.5 Å². The predicted molar refractivity (Wildman–Crippen MR) is 68.4 cm³/mol. The van der Waals surface area contributed by atoms with Gasteiger partial charge >= 0.3 is 5.97 Å². The summed E-state index contributed by atoms with van der Waals surface area (Å²) in [6, 6.07) is -0.196. The van der Waals surface area contributed by atoms with Gasteiger partial charge in [-0.1, -0.05) is 13.3 Å². The smallest absolute Gasteiger partial charge is 0.322 e. The molecule has 1 fully saturated rings. The van der Waals surface area contributed by atoms with E-state index in [0.29, 0.717) is 12.5 Å². The van der Waals surface area contributed by atoms with Gasteiger partial charge in [0, 0.05) is 19.1 Å². The fraction of sp³-hybridized carbons (Fsp3) is 0.909. The van der Waals surface area contributed by atoms with Crippen LogP contribution in [0.25, 0.3) is 0 Å². The van der Waals surface area contributed by atoms with E-state index in [1.54, 1.807) is 0 Å². The molecule has 0 aliphatic carbocycles. The van der Waals surface area contributed by atoms with Crippen LogP contribution in [0.3, 0.4) is 0 Å². The second-order valence-electron chi connectivity index (χ2n) is 4.63. The number of sulfonamides is 1. The lowest BCUT2D eigenvalue weighted by atomic mass is 9.90. The largest absolute Gasteiger partial charge is 0.468 e. The first-order valence-electron chi connectivity index (χ1n) is 6.21. The van der Waals surface area contributed by atoms with E-state index in [2.05, 4.69) is 11.7 Å². The van der Waals surface area contributed by atoms with E-state index < -0.39 is 21.7 Å². The Bertz CT molecular complexity index is 383. The van der Waals surface area contributed by atoms with Crippen LogP contribution in [0.15, 0.2) is 0 Å². The van der Waals surface area contributed by atoms with Crippen molar-refractivity contribution >= 4 is 16.0 Å². The molecule has 1 saturated heterocycles. The topological polar surface area (TPSA) is 89.7 Å². The van der Waals surface area contributed by atoms with Gasteiger partial charge in [-0.25, -0.2) is 8.42 Å². The first kappa shape index (κ1) is 15.4. The standard InChI is InChI=1S/C11H22N2O4S/c1-3-9-4-5-13(10(6-9)7-12)18(15,16)8-11(14)17-2/h9-10H,3-8,12H2,1-2H3. The molecule has 0 amide bonds. The molecule has 0 radical (unpaired) electrons. The van der Waals surface area contributed by atoms with Gasteiger partial charge in [-0.15, -0.1) is 0 Å². The maximum absolute atomic E-state index is 12.1. The summed E-state index contributed by atoms with van der Waals surface area (Å²) in [5, 5.41) is 0. The molecule has 18 heavy (non-hydrogen) atoms. The average Bonchev–Trinajstić information content (AvgIpc) is 2.37. The van der Waals surface area contributed by atoms with Crippen LogP contribution in [0.4, 0.5) is 0 Å². The van der Waals surface area contributed by atoms with Crippen LogP contribution < -0.4 is 5.73 Å². The number of piperidine rings is 1. The minimum absolute atomic E-state index is 0.196. The Balaban J connectivity index is 2.78. The molecule has 1 aliphatic rings. The minimum Gasteiger partial charge on any atom is -0.468 e. The zero-order chi connectivity index (χ0) is 13.8. The van der Waals surface area contributed by atoms with Gasteiger partial charge in [0.05, 0.1) is 7.11 Å². The Morgan fingerprint density at radius 1 is 1.50 bits per heavy atom. The summed E-state index contributed by atoms with van der Waals surface area (Å²) in [5.74, 6) is -0.817. The number of nitrogens with zero attached hydrogens (tertiary/aromatic N) is 1. The lowest BCUT2D eigenvalue weighted by Gasteiger charge is -2.37. The molecule has 0 spiro atoms. The van der Waals surface area contributed by atoms with Crippen molar-refractivity contribution in [1.82, 2.24) is 4.31 Å². The van der Waals surface area contributed by atoms with Gasteiger partial charge in [0.1, 0.15) is 0 Å². The van der Waals surface area contributed by atoms with Gasteiger partial charge in [0.15, 0.2) is 5.75 Å². The molecule has 1 aliphatic heterocycles. The lowest BCUT2D eigenvalue weighted by molar-refractivity contribution is -0.137. The second-order valence-corrected chi connectivity index (χ2v) is 6.55. The third kappa shape index (κ3) is 3.66. The van der Waals surface area contributed by atoms with Gasteiger partial charge in [0.2, 0.25) is 10.0 Å². The number of ether oxygens (including phenoxy) is 1. The van der Waals surface area contributed by atoms with Crippen LogP contribution in [0.2, 0.25) is 0 Å².